The maximum atomic E-state index is 12.7. The quantitative estimate of drug-likeness (QED) is 0.710. The van der Waals surface area contributed by atoms with Crippen LogP contribution in [0.2, 0.25) is 0 Å². The van der Waals surface area contributed by atoms with Gasteiger partial charge >= 0.3 is 0 Å². The lowest BCUT2D eigenvalue weighted by molar-refractivity contribution is -0.121. The van der Waals surface area contributed by atoms with Gasteiger partial charge in [-0.05, 0) is 74.1 Å². The van der Waals surface area contributed by atoms with Gasteiger partial charge in [0.25, 0.3) is 0 Å². The summed E-state index contributed by atoms with van der Waals surface area (Å²) in [5.41, 5.74) is 5.71. The normalized spacial score (nSPS) is 16.1. The van der Waals surface area contributed by atoms with E-state index in [1.165, 1.54) is 21.0 Å². The fourth-order valence-corrected chi connectivity index (χ4v) is 5.27. The number of rotatable bonds is 7. The fourth-order valence-electron chi connectivity index (χ4n) is 3.86. The van der Waals surface area contributed by atoms with E-state index in [-0.39, 0.29) is 16.8 Å². The minimum atomic E-state index is -3.49. The molecule has 0 aromatic heterocycles. The highest BCUT2D eigenvalue weighted by molar-refractivity contribution is 7.89. The topological polar surface area (TPSA) is 75.7 Å². The van der Waals surface area contributed by atoms with Crippen LogP contribution in [0.25, 0.3) is 0 Å². The van der Waals surface area contributed by atoms with Gasteiger partial charge < -0.3 is 10.1 Å². The van der Waals surface area contributed by atoms with Gasteiger partial charge in [0, 0.05) is 19.5 Å². The first-order valence-corrected chi connectivity index (χ1v) is 12.2. The predicted octanol–water partition coefficient (Wildman–Crippen LogP) is 3.44. The Morgan fingerprint density at radius 2 is 1.65 bits per heavy atom. The van der Waals surface area contributed by atoms with Crippen molar-refractivity contribution in [2.75, 3.05) is 26.3 Å². The average Bonchev–Trinajstić information content (AvgIpc) is 2.75. The largest absolute Gasteiger partial charge is 0.379 e. The van der Waals surface area contributed by atoms with Crippen LogP contribution in [0.3, 0.4) is 0 Å². The highest BCUT2D eigenvalue weighted by Gasteiger charge is 2.26. The third-order valence-corrected chi connectivity index (χ3v) is 7.81. The van der Waals surface area contributed by atoms with Crippen LogP contribution in [-0.2, 0) is 26.0 Å². The molecule has 1 saturated heterocycles. The van der Waals surface area contributed by atoms with Gasteiger partial charge in [-0.3, -0.25) is 4.79 Å². The van der Waals surface area contributed by atoms with Crippen molar-refractivity contribution in [3.05, 3.63) is 64.2 Å². The molecule has 2 aromatic carbocycles. The molecular weight excluding hydrogens is 412 g/mol. The number of carbonyl (C=O) groups is 1. The maximum absolute atomic E-state index is 12.7. The number of hydrogen-bond donors (Lipinski definition) is 1. The molecule has 0 bridgehead atoms. The van der Waals surface area contributed by atoms with Gasteiger partial charge in [0.15, 0.2) is 0 Å². The molecule has 6 nitrogen and oxygen atoms in total. The van der Waals surface area contributed by atoms with E-state index in [0.29, 0.717) is 39.1 Å². The van der Waals surface area contributed by atoms with E-state index in [1.54, 1.807) is 24.3 Å². The summed E-state index contributed by atoms with van der Waals surface area (Å²) in [4.78, 5) is 12.7. The Bertz CT molecular complexity index is 1030. The number of aryl methyl sites for hydroxylation is 4. The molecule has 0 aliphatic carbocycles. The summed E-state index contributed by atoms with van der Waals surface area (Å²) in [6, 6.07) is 11.1. The van der Waals surface area contributed by atoms with E-state index < -0.39 is 10.0 Å². The SMILES string of the molecule is Cc1cc(C)c(C(C)NC(=O)CCc2ccc(S(=O)(=O)N3CCOCC3)cc2)cc1C. The van der Waals surface area contributed by atoms with Crippen LogP contribution < -0.4 is 5.32 Å². The van der Waals surface area contributed by atoms with Crippen molar-refractivity contribution in [1.29, 1.82) is 0 Å². The van der Waals surface area contributed by atoms with Gasteiger partial charge in [-0.1, -0.05) is 24.3 Å². The Balaban J connectivity index is 1.56. The summed E-state index contributed by atoms with van der Waals surface area (Å²) < 4.78 is 32.1. The van der Waals surface area contributed by atoms with Gasteiger partial charge in [-0.25, -0.2) is 8.42 Å². The van der Waals surface area contributed by atoms with E-state index in [4.69, 9.17) is 4.74 Å². The molecule has 7 heteroatoms. The summed E-state index contributed by atoms with van der Waals surface area (Å²) in [6.45, 7) is 9.84. The van der Waals surface area contributed by atoms with Crippen molar-refractivity contribution < 1.29 is 17.9 Å². The number of amides is 1. The van der Waals surface area contributed by atoms with Crippen molar-refractivity contribution in [2.24, 2.45) is 0 Å². The standard InChI is InChI=1S/C24H32N2O4S/c1-17-15-19(3)23(16-18(17)2)20(4)25-24(27)10-7-21-5-8-22(9-6-21)31(28,29)26-11-13-30-14-12-26/h5-6,8-9,15-16,20H,7,10-14H2,1-4H3,(H,25,27). The number of nitrogens with zero attached hydrogens (tertiary/aromatic N) is 1. The lowest BCUT2D eigenvalue weighted by atomic mass is 9.96. The summed E-state index contributed by atoms with van der Waals surface area (Å²) in [5, 5.41) is 3.08. The molecular formula is C24H32N2O4S. The monoisotopic (exact) mass is 444 g/mol. The van der Waals surface area contributed by atoms with Crippen molar-refractivity contribution >= 4 is 15.9 Å². The first-order chi connectivity index (χ1) is 14.7. The van der Waals surface area contributed by atoms with Crippen LogP contribution in [0, 0.1) is 20.8 Å². The summed E-state index contributed by atoms with van der Waals surface area (Å²) in [6.07, 6.45) is 0.909. The molecule has 0 saturated carbocycles. The van der Waals surface area contributed by atoms with Crippen LogP contribution in [0.15, 0.2) is 41.3 Å². The second kappa shape index (κ2) is 9.94. The van der Waals surface area contributed by atoms with Gasteiger partial charge in [-0.2, -0.15) is 4.31 Å². The molecule has 1 amide bonds. The predicted molar refractivity (Wildman–Crippen MR) is 122 cm³/mol. The van der Waals surface area contributed by atoms with E-state index in [0.717, 1.165) is 11.1 Å². The second-order valence-corrected chi connectivity index (χ2v) is 10.2. The Kier molecular flexibility index (Phi) is 7.51. The summed E-state index contributed by atoms with van der Waals surface area (Å²) in [7, 11) is -3.49. The van der Waals surface area contributed by atoms with Gasteiger partial charge in [0.2, 0.25) is 15.9 Å². The average molecular weight is 445 g/mol. The lowest BCUT2D eigenvalue weighted by Crippen LogP contribution is -2.40. The third-order valence-electron chi connectivity index (χ3n) is 5.90. The van der Waals surface area contributed by atoms with Crippen LogP contribution >= 0.6 is 0 Å². The molecule has 3 rings (SSSR count). The lowest BCUT2D eigenvalue weighted by Gasteiger charge is -2.26. The van der Waals surface area contributed by atoms with Gasteiger partial charge in [0.1, 0.15) is 0 Å². The molecule has 1 aliphatic heterocycles. The molecule has 1 heterocycles. The number of nitrogens with one attached hydrogen (secondary N) is 1. The molecule has 2 aromatic rings. The van der Waals surface area contributed by atoms with E-state index in [2.05, 4.69) is 38.2 Å². The highest BCUT2D eigenvalue weighted by Crippen LogP contribution is 2.22. The van der Waals surface area contributed by atoms with Crippen molar-refractivity contribution in [1.82, 2.24) is 9.62 Å². The first kappa shape index (κ1) is 23.4. The van der Waals surface area contributed by atoms with E-state index >= 15 is 0 Å². The molecule has 0 radical (unpaired) electrons. The maximum Gasteiger partial charge on any atom is 0.243 e. The van der Waals surface area contributed by atoms with Gasteiger partial charge in [-0.15, -0.1) is 0 Å². The molecule has 1 unspecified atom stereocenters. The van der Waals surface area contributed by atoms with E-state index in [9.17, 15) is 13.2 Å². The van der Waals surface area contributed by atoms with Crippen molar-refractivity contribution in [3.8, 4) is 0 Å². The smallest absolute Gasteiger partial charge is 0.243 e. The highest BCUT2D eigenvalue weighted by atomic mass is 32.2. The van der Waals surface area contributed by atoms with Crippen LogP contribution in [0.5, 0.6) is 0 Å². The molecule has 1 N–H and O–H groups in total. The van der Waals surface area contributed by atoms with Crippen molar-refractivity contribution in [3.63, 3.8) is 0 Å². The first-order valence-electron chi connectivity index (χ1n) is 10.7. The molecule has 31 heavy (non-hydrogen) atoms. The summed E-state index contributed by atoms with van der Waals surface area (Å²) >= 11 is 0. The minimum absolute atomic E-state index is 0.0184. The van der Waals surface area contributed by atoms with E-state index in [1.807, 2.05) is 6.92 Å². The van der Waals surface area contributed by atoms with Gasteiger partial charge in [0.05, 0.1) is 24.2 Å². The Morgan fingerprint density at radius 1 is 1.03 bits per heavy atom. The Hall–Kier alpha value is -2.22. The Labute approximate surface area is 185 Å². The third kappa shape index (κ3) is 5.73. The molecule has 1 atom stereocenters. The number of hydrogen-bond acceptors (Lipinski definition) is 4. The molecule has 0 spiro atoms. The Morgan fingerprint density at radius 3 is 2.29 bits per heavy atom. The number of benzene rings is 2. The van der Waals surface area contributed by atoms with Crippen LogP contribution in [-0.4, -0.2) is 44.9 Å². The zero-order valence-corrected chi connectivity index (χ0v) is 19.6. The zero-order chi connectivity index (χ0) is 22.6. The zero-order valence-electron chi connectivity index (χ0n) is 18.8. The fraction of sp³-hybridized carbons (Fsp3) is 0.458. The number of carbonyl (C=O) groups excluding carboxylic acids is 1. The van der Waals surface area contributed by atoms with Crippen molar-refractivity contribution in [2.45, 2.75) is 51.5 Å². The molecule has 1 fully saturated rings. The van der Waals surface area contributed by atoms with Crippen LogP contribution in [0.1, 0.15) is 47.2 Å². The molecule has 168 valence electrons. The van der Waals surface area contributed by atoms with Crippen LogP contribution in [0.4, 0.5) is 0 Å². The number of sulfonamides is 1. The number of morpholine rings is 1. The second-order valence-electron chi connectivity index (χ2n) is 8.24. The number of ether oxygens (including phenoxy) is 1. The molecule has 1 aliphatic rings. The summed E-state index contributed by atoms with van der Waals surface area (Å²) in [5.74, 6) is -0.0184. The minimum Gasteiger partial charge on any atom is -0.379 e.